The van der Waals surface area contributed by atoms with E-state index in [0.29, 0.717) is 0 Å². The number of fused-ring (bicyclic) bond motifs is 5. The zero-order chi connectivity index (χ0) is 14.8. The first-order valence-corrected chi connectivity index (χ1v) is 7.29. The Labute approximate surface area is 120 Å². The van der Waals surface area contributed by atoms with Gasteiger partial charge in [-0.1, -0.05) is 42.5 Å². The second kappa shape index (κ2) is 5.54. The van der Waals surface area contributed by atoms with Crippen LogP contribution < -0.4 is 0 Å². The van der Waals surface area contributed by atoms with Gasteiger partial charge in [-0.15, -0.1) is 9.79 Å². The Kier molecular flexibility index (Phi) is 3.58. The van der Waals surface area contributed by atoms with E-state index < -0.39 is 8.25 Å². The van der Waals surface area contributed by atoms with E-state index in [0.717, 1.165) is 16.4 Å². The number of nitrogens with one attached hydrogen (secondary N) is 1. The molecule has 0 saturated carbocycles. The Bertz CT molecular complexity index is 948. The number of aromatic amines is 1. The standard InChI is InChI=1S/C14H9N3.HO3P/c1-2-4-10-9(3-1)5-6-12-11(10)7-8-13-14(12)16-17-15-13;1-4(2)3/h1-8H,(H,15,16,17);(H-,1,2,3)/p+1. The van der Waals surface area contributed by atoms with E-state index in [4.69, 9.17) is 14.4 Å². The summed E-state index contributed by atoms with van der Waals surface area (Å²) in [6.07, 6.45) is 0. The van der Waals surface area contributed by atoms with Crippen molar-refractivity contribution in [1.29, 1.82) is 0 Å². The van der Waals surface area contributed by atoms with Gasteiger partial charge in [-0.3, -0.25) is 0 Å². The first-order chi connectivity index (χ1) is 10.2. The van der Waals surface area contributed by atoms with Crippen LogP contribution in [-0.4, -0.2) is 25.2 Å². The van der Waals surface area contributed by atoms with Gasteiger partial charge in [-0.2, -0.15) is 15.4 Å². The van der Waals surface area contributed by atoms with Crippen molar-refractivity contribution in [1.82, 2.24) is 15.4 Å². The first kappa shape index (κ1) is 13.6. The van der Waals surface area contributed by atoms with E-state index in [1.165, 1.54) is 16.2 Å². The minimum absolute atomic E-state index is 0.910. The molecule has 0 unspecified atom stereocenters. The normalized spacial score (nSPS) is 10.6. The van der Waals surface area contributed by atoms with Crippen LogP contribution >= 0.6 is 8.25 Å². The molecule has 4 aromatic rings. The summed E-state index contributed by atoms with van der Waals surface area (Å²) in [5.41, 5.74) is 1.85. The smallest absolute Gasteiger partial charge is 0.197 e. The van der Waals surface area contributed by atoms with Crippen molar-refractivity contribution in [3.63, 3.8) is 0 Å². The molecule has 0 radical (unpaired) electrons. The van der Waals surface area contributed by atoms with Gasteiger partial charge in [-0.25, -0.2) is 0 Å². The Morgan fingerprint density at radius 3 is 2.38 bits per heavy atom. The summed E-state index contributed by atoms with van der Waals surface area (Å²) < 4.78 is 8.70. The topological polar surface area (TPSA) is 99.1 Å². The largest absolute Gasteiger partial charge is 0.692 e. The summed E-state index contributed by atoms with van der Waals surface area (Å²) in [6.45, 7) is 0. The minimum atomic E-state index is -2.87. The quantitative estimate of drug-likeness (QED) is 0.342. The van der Waals surface area contributed by atoms with Crippen LogP contribution in [-0.2, 0) is 4.57 Å². The summed E-state index contributed by atoms with van der Waals surface area (Å²) in [4.78, 5) is 14.2. The molecule has 1 aromatic heterocycles. The zero-order valence-electron chi connectivity index (χ0n) is 10.8. The minimum Gasteiger partial charge on any atom is -0.197 e. The molecular formula is C14H11N3O3P+. The summed E-state index contributed by atoms with van der Waals surface area (Å²) in [5, 5.41) is 15.9. The van der Waals surface area contributed by atoms with Crippen LogP contribution in [0.15, 0.2) is 48.5 Å². The van der Waals surface area contributed by atoms with Gasteiger partial charge in [-0.05, 0) is 22.2 Å². The fourth-order valence-corrected chi connectivity index (χ4v) is 2.40. The van der Waals surface area contributed by atoms with Crippen LogP contribution in [0.1, 0.15) is 0 Å². The Hall–Kier alpha value is -2.40. The molecule has 0 aliphatic carbocycles. The molecule has 3 aromatic carbocycles. The zero-order valence-corrected chi connectivity index (χ0v) is 11.7. The Balaban J connectivity index is 0.000000298. The van der Waals surface area contributed by atoms with Crippen LogP contribution in [0.25, 0.3) is 32.6 Å². The molecule has 0 spiro atoms. The molecule has 0 atom stereocenters. The van der Waals surface area contributed by atoms with Gasteiger partial charge in [0.05, 0.1) is 0 Å². The summed E-state index contributed by atoms with van der Waals surface area (Å²) in [6, 6.07) is 16.8. The fraction of sp³-hybridized carbons (Fsp3) is 0. The molecule has 4 rings (SSSR count). The highest BCUT2D eigenvalue weighted by Crippen LogP contribution is 2.29. The number of nitrogens with zero attached hydrogens (tertiary/aromatic N) is 2. The van der Waals surface area contributed by atoms with Crippen molar-refractivity contribution >= 4 is 40.8 Å². The number of hydrogen-bond acceptors (Lipinski definition) is 3. The lowest BCUT2D eigenvalue weighted by molar-refractivity contribution is 0.405. The Morgan fingerprint density at radius 2 is 1.57 bits per heavy atom. The van der Waals surface area contributed by atoms with Crippen molar-refractivity contribution < 1.29 is 14.4 Å². The molecule has 0 bridgehead atoms. The third-order valence-corrected chi connectivity index (χ3v) is 3.21. The lowest BCUT2D eigenvalue weighted by Gasteiger charge is -2.03. The number of H-pyrrole nitrogens is 1. The third kappa shape index (κ3) is 2.60. The molecule has 1 heterocycles. The van der Waals surface area contributed by atoms with Gasteiger partial charge in [0.25, 0.3) is 0 Å². The van der Waals surface area contributed by atoms with Gasteiger partial charge in [0.15, 0.2) is 0 Å². The Morgan fingerprint density at radius 1 is 0.857 bits per heavy atom. The van der Waals surface area contributed by atoms with Crippen LogP contribution in [0, 0.1) is 0 Å². The maximum Gasteiger partial charge on any atom is 0.692 e. The molecule has 0 aliphatic rings. The van der Waals surface area contributed by atoms with E-state index in [1.54, 1.807) is 0 Å². The molecule has 6 nitrogen and oxygen atoms in total. The second-order valence-corrected chi connectivity index (χ2v) is 4.90. The molecule has 0 saturated heterocycles. The van der Waals surface area contributed by atoms with Gasteiger partial charge in [0, 0.05) is 9.95 Å². The van der Waals surface area contributed by atoms with Crippen molar-refractivity contribution in [2.75, 3.05) is 0 Å². The van der Waals surface area contributed by atoms with E-state index in [1.807, 2.05) is 6.07 Å². The lowest BCUT2D eigenvalue weighted by atomic mass is 10.0. The first-order valence-electron chi connectivity index (χ1n) is 6.13. The van der Waals surface area contributed by atoms with Crippen LogP contribution in [0.2, 0.25) is 0 Å². The summed E-state index contributed by atoms with van der Waals surface area (Å²) in [7, 11) is -2.87. The monoisotopic (exact) mass is 300 g/mol. The molecule has 21 heavy (non-hydrogen) atoms. The van der Waals surface area contributed by atoms with Gasteiger partial charge in [0.2, 0.25) is 0 Å². The van der Waals surface area contributed by atoms with E-state index in [9.17, 15) is 0 Å². The molecule has 0 aliphatic heterocycles. The van der Waals surface area contributed by atoms with Crippen molar-refractivity contribution in [2.45, 2.75) is 0 Å². The van der Waals surface area contributed by atoms with Crippen molar-refractivity contribution in [2.24, 2.45) is 0 Å². The summed E-state index contributed by atoms with van der Waals surface area (Å²) in [5.74, 6) is 0. The molecule has 0 amide bonds. The predicted molar refractivity (Wildman–Crippen MR) is 80.9 cm³/mol. The second-order valence-electron chi connectivity index (χ2n) is 4.39. The maximum absolute atomic E-state index is 8.70. The number of aromatic nitrogens is 3. The van der Waals surface area contributed by atoms with Gasteiger partial charge < -0.3 is 0 Å². The summed E-state index contributed by atoms with van der Waals surface area (Å²) >= 11 is 0. The van der Waals surface area contributed by atoms with Crippen LogP contribution in [0.4, 0.5) is 0 Å². The molecule has 3 N–H and O–H groups in total. The lowest BCUT2D eigenvalue weighted by Crippen LogP contribution is -1.79. The van der Waals surface area contributed by atoms with E-state index in [2.05, 4.69) is 57.9 Å². The highest BCUT2D eigenvalue weighted by molar-refractivity contribution is 7.30. The van der Waals surface area contributed by atoms with Crippen LogP contribution in [0.3, 0.4) is 0 Å². The van der Waals surface area contributed by atoms with Crippen LogP contribution in [0.5, 0.6) is 0 Å². The number of rotatable bonds is 0. The molecule has 104 valence electrons. The van der Waals surface area contributed by atoms with E-state index >= 15 is 0 Å². The van der Waals surface area contributed by atoms with Crippen molar-refractivity contribution in [3.8, 4) is 0 Å². The van der Waals surface area contributed by atoms with Crippen molar-refractivity contribution in [3.05, 3.63) is 48.5 Å². The van der Waals surface area contributed by atoms with E-state index in [-0.39, 0.29) is 0 Å². The SMILES string of the molecule is O=[P+](O)O.c1ccc2c(c1)ccc1c2ccc2n[nH]nc21. The molecular weight excluding hydrogens is 289 g/mol. The van der Waals surface area contributed by atoms with Gasteiger partial charge >= 0.3 is 8.25 Å². The average Bonchev–Trinajstić information content (AvgIpc) is 2.95. The highest BCUT2D eigenvalue weighted by Gasteiger charge is 2.06. The fourth-order valence-electron chi connectivity index (χ4n) is 2.40. The highest BCUT2D eigenvalue weighted by atomic mass is 31.1. The maximum atomic E-state index is 8.70. The average molecular weight is 300 g/mol. The number of benzene rings is 3. The van der Waals surface area contributed by atoms with Gasteiger partial charge in [0.1, 0.15) is 11.0 Å². The molecule has 7 heteroatoms. The number of hydrogen-bond donors (Lipinski definition) is 3. The predicted octanol–water partition coefficient (Wildman–Crippen LogP) is 2.89. The third-order valence-electron chi connectivity index (χ3n) is 3.21. The molecule has 0 fully saturated rings.